The van der Waals surface area contributed by atoms with Crippen LogP contribution >= 0.6 is 27.5 Å². The largest absolute Gasteiger partial charge is 0.374 e. The van der Waals surface area contributed by atoms with Gasteiger partial charge in [-0.05, 0) is 30.7 Å². The molecule has 1 aliphatic rings. The molecule has 1 saturated heterocycles. The van der Waals surface area contributed by atoms with E-state index < -0.39 is 0 Å². The number of carbonyl (C=O) groups is 1. The van der Waals surface area contributed by atoms with Gasteiger partial charge in [-0.25, -0.2) is 0 Å². The molecule has 1 unspecified atom stereocenters. The van der Waals surface area contributed by atoms with Crippen LogP contribution in [-0.4, -0.2) is 41.9 Å². The number of halogens is 2. The van der Waals surface area contributed by atoms with Crippen LogP contribution in [0.2, 0.25) is 5.02 Å². The summed E-state index contributed by atoms with van der Waals surface area (Å²) in [6.07, 6.45) is 0.0722. The van der Waals surface area contributed by atoms with Crippen molar-refractivity contribution in [2.45, 2.75) is 13.0 Å². The summed E-state index contributed by atoms with van der Waals surface area (Å²) in [4.78, 5) is 14.2. The topological polar surface area (TPSA) is 29.5 Å². The molecule has 1 atom stereocenters. The molecule has 98 valence electrons. The third-order valence-corrected chi connectivity index (χ3v) is 3.83. The van der Waals surface area contributed by atoms with Gasteiger partial charge in [0, 0.05) is 29.0 Å². The minimum Gasteiger partial charge on any atom is -0.374 e. The highest BCUT2D eigenvalue weighted by atomic mass is 79.9. The van der Waals surface area contributed by atoms with Gasteiger partial charge < -0.3 is 9.64 Å². The van der Waals surface area contributed by atoms with Gasteiger partial charge in [-0.2, -0.15) is 0 Å². The van der Waals surface area contributed by atoms with Gasteiger partial charge in [0.1, 0.15) is 0 Å². The molecular formula is C13H15BrClNO2. The van der Waals surface area contributed by atoms with Crippen LogP contribution < -0.4 is 0 Å². The third kappa shape index (κ3) is 3.25. The molecule has 0 aromatic heterocycles. The van der Waals surface area contributed by atoms with Crippen molar-refractivity contribution >= 4 is 33.4 Å². The summed E-state index contributed by atoms with van der Waals surface area (Å²) >= 11 is 9.37. The lowest BCUT2D eigenvalue weighted by atomic mass is 10.1. The van der Waals surface area contributed by atoms with Gasteiger partial charge in [-0.3, -0.25) is 4.79 Å². The van der Waals surface area contributed by atoms with Crippen LogP contribution in [0.15, 0.2) is 18.2 Å². The van der Waals surface area contributed by atoms with Crippen molar-refractivity contribution in [3.8, 4) is 0 Å². The maximum Gasteiger partial charge on any atom is 0.254 e. The van der Waals surface area contributed by atoms with Crippen LogP contribution in [0.3, 0.4) is 0 Å². The SMILES string of the molecule is Cc1cc(Cl)cc(C(=O)N2CCOC(CBr)C2)c1. The first-order valence-corrected chi connectivity index (χ1v) is 7.34. The van der Waals surface area contributed by atoms with E-state index in [-0.39, 0.29) is 12.0 Å². The van der Waals surface area contributed by atoms with Gasteiger partial charge in [-0.15, -0.1) is 0 Å². The number of rotatable bonds is 2. The van der Waals surface area contributed by atoms with Gasteiger partial charge in [0.05, 0.1) is 12.7 Å². The Labute approximate surface area is 120 Å². The number of amides is 1. The number of carbonyl (C=O) groups excluding carboxylic acids is 1. The molecule has 1 fully saturated rings. The zero-order valence-corrected chi connectivity index (χ0v) is 12.5. The highest BCUT2D eigenvalue weighted by Crippen LogP contribution is 2.18. The van der Waals surface area contributed by atoms with Crippen molar-refractivity contribution in [3.63, 3.8) is 0 Å². The van der Waals surface area contributed by atoms with Crippen LogP contribution in [0.4, 0.5) is 0 Å². The number of benzene rings is 1. The summed E-state index contributed by atoms with van der Waals surface area (Å²) in [6.45, 7) is 3.77. The first-order valence-electron chi connectivity index (χ1n) is 5.84. The van der Waals surface area contributed by atoms with Crippen molar-refractivity contribution in [2.75, 3.05) is 25.0 Å². The quantitative estimate of drug-likeness (QED) is 0.779. The maximum atomic E-state index is 12.4. The summed E-state index contributed by atoms with van der Waals surface area (Å²) < 4.78 is 5.52. The molecular weight excluding hydrogens is 318 g/mol. The first kappa shape index (κ1) is 13.8. The normalized spacial score (nSPS) is 19.9. The summed E-state index contributed by atoms with van der Waals surface area (Å²) in [6, 6.07) is 5.43. The summed E-state index contributed by atoms with van der Waals surface area (Å²) in [7, 11) is 0. The van der Waals surface area contributed by atoms with E-state index in [4.69, 9.17) is 16.3 Å². The third-order valence-electron chi connectivity index (χ3n) is 2.89. The number of aryl methyl sites for hydroxylation is 1. The summed E-state index contributed by atoms with van der Waals surface area (Å²) in [5, 5.41) is 1.34. The minimum absolute atomic E-state index is 0.0230. The molecule has 1 heterocycles. The Kier molecular flexibility index (Phi) is 4.65. The lowest BCUT2D eigenvalue weighted by molar-refractivity contribution is -0.00965. The van der Waals surface area contributed by atoms with E-state index in [1.807, 2.05) is 24.0 Å². The number of hydrogen-bond acceptors (Lipinski definition) is 2. The average molecular weight is 333 g/mol. The Morgan fingerprint density at radius 2 is 2.33 bits per heavy atom. The fourth-order valence-corrected chi connectivity index (χ4v) is 2.72. The van der Waals surface area contributed by atoms with Crippen molar-refractivity contribution in [2.24, 2.45) is 0 Å². The standard InChI is InChI=1S/C13H15BrClNO2/c1-9-4-10(6-11(15)5-9)13(17)16-2-3-18-12(7-14)8-16/h4-6,12H,2-3,7-8H2,1H3. The van der Waals surface area contributed by atoms with E-state index in [0.717, 1.165) is 10.9 Å². The van der Waals surface area contributed by atoms with Crippen molar-refractivity contribution in [1.82, 2.24) is 4.90 Å². The molecule has 0 bridgehead atoms. The zero-order valence-electron chi connectivity index (χ0n) is 10.2. The Morgan fingerprint density at radius 3 is 3.00 bits per heavy atom. The molecule has 5 heteroatoms. The van der Waals surface area contributed by atoms with Crippen molar-refractivity contribution in [1.29, 1.82) is 0 Å². The lowest BCUT2D eigenvalue weighted by Gasteiger charge is -2.32. The molecule has 0 spiro atoms. The van der Waals surface area contributed by atoms with Crippen LogP contribution in [0.25, 0.3) is 0 Å². The van der Waals surface area contributed by atoms with E-state index >= 15 is 0 Å². The molecule has 0 N–H and O–H groups in total. The van der Waals surface area contributed by atoms with Crippen molar-refractivity contribution in [3.05, 3.63) is 34.3 Å². The second kappa shape index (κ2) is 6.04. The minimum atomic E-state index is 0.0230. The monoisotopic (exact) mass is 331 g/mol. The molecule has 0 radical (unpaired) electrons. The van der Waals surface area contributed by atoms with E-state index in [2.05, 4.69) is 15.9 Å². The lowest BCUT2D eigenvalue weighted by Crippen LogP contribution is -2.46. The van der Waals surface area contributed by atoms with E-state index in [9.17, 15) is 4.79 Å². The predicted octanol–water partition coefficient (Wildman–Crippen LogP) is 2.88. The molecule has 3 nitrogen and oxygen atoms in total. The Morgan fingerprint density at radius 1 is 1.56 bits per heavy atom. The molecule has 0 saturated carbocycles. The summed E-state index contributed by atoms with van der Waals surface area (Å²) in [5.74, 6) is 0.0230. The van der Waals surface area contributed by atoms with Gasteiger partial charge in [0.2, 0.25) is 0 Å². The highest BCUT2D eigenvalue weighted by molar-refractivity contribution is 9.09. The highest BCUT2D eigenvalue weighted by Gasteiger charge is 2.24. The fourth-order valence-electron chi connectivity index (χ4n) is 2.04. The predicted molar refractivity (Wildman–Crippen MR) is 75.6 cm³/mol. The van der Waals surface area contributed by atoms with Crippen LogP contribution in [-0.2, 0) is 4.74 Å². The molecule has 1 amide bonds. The van der Waals surface area contributed by atoms with Crippen molar-refractivity contribution < 1.29 is 9.53 Å². The Balaban J connectivity index is 2.15. The van der Waals surface area contributed by atoms with E-state index in [1.165, 1.54) is 0 Å². The Hall–Kier alpha value is -0.580. The second-order valence-corrected chi connectivity index (χ2v) is 5.50. The van der Waals surface area contributed by atoms with E-state index in [0.29, 0.717) is 30.3 Å². The molecule has 0 aliphatic carbocycles. The van der Waals surface area contributed by atoms with Gasteiger partial charge in [-0.1, -0.05) is 27.5 Å². The number of nitrogens with zero attached hydrogens (tertiary/aromatic N) is 1. The first-order chi connectivity index (χ1) is 8.60. The maximum absolute atomic E-state index is 12.4. The van der Waals surface area contributed by atoms with Gasteiger partial charge in [0.15, 0.2) is 0 Å². The number of alkyl halides is 1. The second-order valence-electron chi connectivity index (χ2n) is 4.42. The summed E-state index contributed by atoms with van der Waals surface area (Å²) in [5.41, 5.74) is 1.64. The molecule has 18 heavy (non-hydrogen) atoms. The van der Waals surface area contributed by atoms with Crippen LogP contribution in [0.1, 0.15) is 15.9 Å². The van der Waals surface area contributed by atoms with Crippen LogP contribution in [0, 0.1) is 6.92 Å². The Bertz CT molecular complexity index is 432. The fraction of sp³-hybridized carbons (Fsp3) is 0.462. The smallest absolute Gasteiger partial charge is 0.254 e. The number of ether oxygens (including phenoxy) is 1. The number of morpholine rings is 1. The zero-order chi connectivity index (χ0) is 13.1. The van der Waals surface area contributed by atoms with E-state index in [1.54, 1.807) is 6.07 Å². The molecule has 1 aliphatic heterocycles. The van der Waals surface area contributed by atoms with Gasteiger partial charge in [0.25, 0.3) is 5.91 Å². The van der Waals surface area contributed by atoms with Crippen LogP contribution in [0.5, 0.6) is 0 Å². The average Bonchev–Trinajstić information content (AvgIpc) is 2.37. The molecule has 2 rings (SSSR count). The van der Waals surface area contributed by atoms with Gasteiger partial charge >= 0.3 is 0 Å². The number of hydrogen-bond donors (Lipinski definition) is 0. The molecule has 1 aromatic rings. The molecule has 1 aromatic carbocycles.